The summed E-state index contributed by atoms with van der Waals surface area (Å²) < 4.78 is 11.1. The van der Waals surface area contributed by atoms with Crippen LogP contribution in [0.5, 0.6) is 0 Å². The average molecular weight is 439 g/mol. The number of hydrogen-bond donors (Lipinski definition) is 1. The van der Waals surface area contributed by atoms with Crippen LogP contribution in [0.15, 0.2) is 42.6 Å². The van der Waals surface area contributed by atoms with Crippen molar-refractivity contribution in [1.82, 2.24) is 14.9 Å². The first-order valence-corrected chi connectivity index (χ1v) is 11.0. The van der Waals surface area contributed by atoms with Crippen LogP contribution < -0.4 is 5.32 Å². The Morgan fingerprint density at radius 2 is 2.10 bits per heavy atom. The van der Waals surface area contributed by atoms with Crippen LogP contribution in [0.4, 0.5) is 10.8 Å². The fourth-order valence-corrected chi connectivity index (χ4v) is 4.26. The van der Waals surface area contributed by atoms with Gasteiger partial charge in [0.2, 0.25) is 0 Å². The number of amides is 1. The third-order valence-corrected chi connectivity index (χ3v) is 5.87. The zero-order chi connectivity index (χ0) is 21.8. The summed E-state index contributed by atoms with van der Waals surface area (Å²) in [5, 5.41) is 4.18. The predicted octanol–water partition coefficient (Wildman–Crippen LogP) is 4.26. The molecule has 1 aliphatic heterocycles. The van der Waals surface area contributed by atoms with E-state index < -0.39 is 0 Å². The number of anilines is 2. The summed E-state index contributed by atoms with van der Waals surface area (Å²) in [6.07, 6.45) is 1.57. The summed E-state index contributed by atoms with van der Waals surface area (Å²) in [5.41, 5.74) is 4.31. The quantitative estimate of drug-likeness (QED) is 0.620. The van der Waals surface area contributed by atoms with Gasteiger partial charge in [-0.05, 0) is 43.7 Å². The monoisotopic (exact) mass is 438 g/mol. The number of aromatic nitrogens is 2. The minimum atomic E-state index is -0.274. The maximum absolute atomic E-state index is 13.0. The van der Waals surface area contributed by atoms with Crippen LogP contribution in [0.2, 0.25) is 0 Å². The van der Waals surface area contributed by atoms with E-state index in [9.17, 15) is 4.79 Å². The number of aryl methyl sites for hydroxylation is 2. The SMILES string of the molecule is COCc1ccc(C(=O)N2CCO[C@H](c3cc(Nc4ncc(C)s4)cc(C)n3)C2)cc1. The van der Waals surface area contributed by atoms with Crippen molar-refractivity contribution in [3.8, 4) is 0 Å². The Balaban J connectivity index is 1.48. The molecule has 0 bridgehead atoms. The molecule has 31 heavy (non-hydrogen) atoms. The molecule has 0 spiro atoms. The molecule has 7 nitrogen and oxygen atoms in total. The van der Waals surface area contributed by atoms with Crippen molar-refractivity contribution < 1.29 is 14.3 Å². The lowest BCUT2D eigenvalue weighted by molar-refractivity contribution is -0.0247. The van der Waals surface area contributed by atoms with Crippen molar-refractivity contribution in [2.45, 2.75) is 26.6 Å². The highest BCUT2D eigenvalue weighted by molar-refractivity contribution is 7.15. The van der Waals surface area contributed by atoms with Crippen molar-refractivity contribution in [2.75, 3.05) is 32.1 Å². The second-order valence-corrected chi connectivity index (χ2v) is 8.80. The molecule has 1 atom stereocenters. The zero-order valence-corrected chi connectivity index (χ0v) is 18.7. The van der Waals surface area contributed by atoms with Crippen molar-refractivity contribution in [1.29, 1.82) is 0 Å². The first kappa shape index (κ1) is 21.4. The zero-order valence-electron chi connectivity index (χ0n) is 17.9. The molecule has 1 aliphatic rings. The molecule has 0 saturated carbocycles. The summed E-state index contributed by atoms with van der Waals surface area (Å²) in [6.45, 7) is 6.01. The van der Waals surface area contributed by atoms with E-state index in [2.05, 4.69) is 15.3 Å². The molecule has 0 aliphatic carbocycles. The number of rotatable bonds is 6. The molecule has 1 saturated heterocycles. The van der Waals surface area contributed by atoms with Gasteiger partial charge in [0.1, 0.15) is 6.10 Å². The highest BCUT2D eigenvalue weighted by Crippen LogP contribution is 2.27. The van der Waals surface area contributed by atoms with Gasteiger partial charge < -0.3 is 19.7 Å². The lowest BCUT2D eigenvalue weighted by Crippen LogP contribution is -2.42. The third-order valence-electron chi connectivity index (χ3n) is 5.04. The summed E-state index contributed by atoms with van der Waals surface area (Å²) in [5.74, 6) is 0.00142. The van der Waals surface area contributed by atoms with E-state index in [1.54, 1.807) is 18.4 Å². The second kappa shape index (κ2) is 9.55. The van der Waals surface area contributed by atoms with Gasteiger partial charge in [0.05, 0.1) is 25.5 Å². The maximum atomic E-state index is 13.0. The molecule has 8 heteroatoms. The minimum Gasteiger partial charge on any atom is -0.380 e. The predicted molar refractivity (Wildman–Crippen MR) is 121 cm³/mol. The average Bonchev–Trinajstić information content (AvgIpc) is 3.18. The van der Waals surface area contributed by atoms with E-state index in [1.807, 2.05) is 61.3 Å². The number of carbonyl (C=O) groups excluding carboxylic acids is 1. The highest BCUT2D eigenvalue weighted by atomic mass is 32.1. The van der Waals surface area contributed by atoms with Gasteiger partial charge in [0, 0.05) is 41.7 Å². The Kier molecular flexibility index (Phi) is 6.60. The third kappa shape index (κ3) is 5.28. The first-order chi connectivity index (χ1) is 15.0. The number of morpholine rings is 1. The Morgan fingerprint density at radius 1 is 1.29 bits per heavy atom. The fourth-order valence-electron chi connectivity index (χ4n) is 3.57. The molecule has 1 aromatic carbocycles. The molecule has 3 heterocycles. The number of nitrogens with zero attached hydrogens (tertiary/aromatic N) is 3. The van der Waals surface area contributed by atoms with E-state index in [4.69, 9.17) is 9.47 Å². The van der Waals surface area contributed by atoms with Gasteiger partial charge in [-0.2, -0.15) is 0 Å². The van der Waals surface area contributed by atoms with E-state index in [-0.39, 0.29) is 12.0 Å². The Bertz CT molecular complexity index is 1050. The summed E-state index contributed by atoms with van der Waals surface area (Å²) >= 11 is 1.60. The summed E-state index contributed by atoms with van der Waals surface area (Å²) in [4.78, 5) is 25.0. The maximum Gasteiger partial charge on any atom is 0.254 e. The van der Waals surface area contributed by atoms with E-state index in [0.717, 1.165) is 32.6 Å². The Labute approximate surface area is 186 Å². The summed E-state index contributed by atoms with van der Waals surface area (Å²) in [7, 11) is 1.66. The number of carbonyl (C=O) groups is 1. The molecule has 0 unspecified atom stereocenters. The summed E-state index contributed by atoms with van der Waals surface area (Å²) in [6, 6.07) is 11.5. The molecular formula is C23H26N4O3S. The standard InChI is InChI=1S/C23H26N4O3S/c1-15-10-19(26-23-24-12-16(2)31-23)11-20(25-15)21-13-27(8-9-30-21)22(28)18-6-4-17(5-7-18)14-29-3/h4-7,10-12,21H,8-9,13-14H2,1-3H3,(H,24,25,26)/t21-/m0/s1. The smallest absolute Gasteiger partial charge is 0.254 e. The van der Waals surface area contributed by atoms with Gasteiger partial charge in [-0.15, -0.1) is 11.3 Å². The Morgan fingerprint density at radius 3 is 2.81 bits per heavy atom. The van der Waals surface area contributed by atoms with Gasteiger partial charge >= 0.3 is 0 Å². The van der Waals surface area contributed by atoms with Gasteiger partial charge in [-0.3, -0.25) is 9.78 Å². The minimum absolute atomic E-state index is 0.00142. The number of thiazole rings is 1. The molecule has 0 radical (unpaired) electrons. The van der Waals surface area contributed by atoms with Crippen LogP contribution in [0.25, 0.3) is 0 Å². The highest BCUT2D eigenvalue weighted by Gasteiger charge is 2.27. The van der Waals surface area contributed by atoms with Gasteiger partial charge in [-0.25, -0.2) is 4.98 Å². The fraction of sp³-hybridized carbons (Fsp3) is 0.348. The molecule has 2 aromatic heterocycles. The molecule has 4 rings (SSSR count). The lowest BCUT2D eigenvalue weighted by Gasteiger charge is -2.33. The molecule has 1 amide bonds. The van der Waals surface area contributed by atoms with Crippen LogP contribution >= 0.6 is 11.3 Å². The van der Waals surface area contributed by atoms with Crippen molar-refractivity contribution in [3.63, 3.8) is 0 Å². The molecule has 3 aromatic rings. The van der Waals surface area contributed by atoms with Crippen molar-refractivity contribution in [3.05, 3.63) is 70.0 Å². The normalized spacial score (nSPS) is 16.4. The molecule has 162 valence electrons. The first-order valence-electron chi connectivity index (χ1n) is 10.2. The molecule has 1 fully saturated rings. The van der Waals surface area contributed by atoms with Crippen molar-refractivity contribution in [2.24, 2.45) is 0 Å². The number of pyridine rings is 1. The lowest BCUT2D eigenvalue weighted by atomic mass is 10.1. The topological polar surface area (TPSA) is 76.6 Å². The number of ether oxygens (including phenoxy) is 2. The van der Waals surface area contributed by atoms with Crippen LogP contribution in [0.1, 0.15) is 38.3 Å². The molecule has 1 N–H and O–H groups in total. The van der Waals surface area contributed by atoms with Crippen LogP contribution in [-0.4, -0.2) is 47.6 Å². The van der Waals surface area contributed by atoms with Gasteiger partial charge in [-0.1, -0.05) is 12.1 Å². The number of benzene rings is 1. The van der Waals surface area contributed by atoms with Crippen LogP contribution in [-0.2, 0) is 16.1 Å². The van der Waals surface area contributed by atoms with Gasteiger partial charge in [0.25, 0.3) is 5.91 Å². The van der Waals surface area contributed by atoms with Gasteiger partial charge in [0.15, 0.2) is 5.13 Å². The largest absolute Gasteiger partial charge is 0.380 e. The van der Waals surface area contributed by atoms with Crippen molar-refractivity contribution >= 4 is 28.1 Å². The van der Waals surface area contributed by atoms with E-state index in [1.165, 1.54) is 0 Å². The number of nitrogens with one attached hydrogen (secondary N) is 1. The second-order valence-electron chi connectivity index (χ2n) is 7.56. The number of hydrogen-bond acceptors (Lipinski definition) is 7. The van der Waals surface area contributed by atoms with E-state index >= 15 is 0 Å². The van der Waals surface area contributed by atoms with Crippen LogP contribution in [0.3, 0.4) is 0 Å². The van der Waals surface area contributed by atoms with E-state index in [0.29, 0.717) is 31.9 Å². The molecular weight excluding hydrogens is 412 g/mol. The Hall–Kier alpha value is -2.81. The number of methoxy groups -OCH3 is 1. The van der Waals surface area contributed by atoms with Crippen LogP contribution in [0, 0.1) is 13.8 Å².